The topological polar surface area (TPSA) is 32.5 Å². The minimum Gasteiger partial charge on any atom is -0.369 e. The van der Waals surface area contributed by atoms with Crippen LogP contribution in [-0.4, -0.2) is 43.7 Å². The lowest BCUT2D eigenvalue weighted by atomic mass is 10.1. The largest absolute Gasteiger partial charge is 0.369 e. The zero-order valence-corrected chi connectivity index (χ0v) is 11.7. The molecule has 0 saturated carbocycles. The highest BCUT2D eigenvalue weighted by Crippen LogP contribution is 2.20. The molecule has 1 aromatic rings. The monoisotopic (exact) mass is 267 g/mol. The first kappa shape index (κ1) is 13.7. The van der Waals surface area contributed by atoms with Crippen LogP contribution in [0.2, 0.25) is 5.02 Å². The van der Waals surface area contributed by atoms with E-state index in [0.29, 0.717) is 6.04 Å². The van der Waals surface area contributed by atoms with Gasteiger partial charge in [0.25, 0.3) is 0 Å². The van der Waals surface area contributed by atoms with Crippen molar-refractivity contribution in [2.45, 2.75) is 19.4 Å². The third-order valence-corrected chi connectivity index (χ3v) is 4.02. The molecule has 0 aliphatic carbocycles. The van der Waals surface area contributed by atoms with E-state index in [1.54, 1.807) is 0 Å². The van der Waals surface area contributed by atoms with E-state index in [2.05, 4.69) is 28.9 Å². The fourth-order valence-corrected chi connectivity index (χ4v) is 2.70. The first-order chi connectivity index (χ1) is 8.74. The molecule has 0 spiro atoms. The molecule has 1 saturated heterocycles. The Labute approximate surface area is 115 Å². The number of benzene rings is 1. The molecular weight excluding hydrogens is 246 g/mol. The minimum atomic E-state index is 0.539. The second-order valence-corrected chi connectivity index (χ2v) is 5.23. The van der Waals surface area contributed by atoms with Gasteiger partial charge >= 0.3 is 0 Å². The van der Waals surface area contributed by atoms with Crippen LogP contribution in [0, 0.1) is 0 Å². The van der Waals surface area contributed by atoms with Gasteiger partial charge in [-0.05, 0) is 30.7 Å². The van der Waals surface area contributed by atoms with E-state index >= 15 is 0 Å². The smallest absolute Gasteiger partial charge is 0.0407 e. The molecule has 0 radical (unpaired) electrons. The maximum Gasteiger partial charge on any atom is 0.0407 e. The molecule has 18 heavy (non-hydrogen) atoms. The summed E-state index contributed by atoms with van der Waals surface area (Å²) in [5.74, 6) is 0. The molecule has 2 rings (SSSR count). The van der Waals surface area contributed by atoms with Gasteiger partial charge in [-0.1, -0.05) is 18.5 Å². The van der Waals surface area contributed by atoms with Crippen LogP contribution in [0.25, 0.3) is 0 Å². The zero-order valence-electron chi connectivity index (χ0n) is 11.0. The maximum atomic E-state index is 5.91. The third kappa shape index (κ3) is 3.16. The Kier molecular flexibility index (Phi) is 4.87. The van der Waals surface area contributed by atoms with Gasteiger partial charge in [0, 0.05) is 49.5 Å². The van der Waals surface area contributed by atoms with E-state index in [9.17, 15) is 0 Å². The highest BCUT2D eigenvalue weighted by molar-refractivity contribution is 6.30. The normalized spacial score (nSPS) is 18.9. The molecule has 1 aromatic carbocycles. The van der Waals surface area contributed by atoms with Gasteiger partial charge in [0.1, 0.15) is 0 Å². The standard InChI is InChI=1S/C14H22ClN3/c1-2-13(11-16)17-7-9-18(10-8-17)14-5-3-12(15)4-6-14/h3-6,13H,2,7-11,16H2,1H3. The average molecular weight is 268 g/mol. The Hall–Kier alpha value is -0.770. The molecule has 1 heterocycles. The van der Waals surface area contributed by atoms with E-state index < -0.39 is 0 Å². The quantitative estimate of drug-likeness (QED) is 0.908. The molecule has 4 heteroatoms. The Morgan fingerprint density at radius 1 is 1.17 bits per heavy atom. The van der Waals surface area contributed by atoms with E-state index in [1.165, 1.54) is 5.69 Å². The molecule has 0 bridgehead atoms. The van der Waals surface area contributed by atoms with Gasteiger partial charge in [0.15, 0.2) is 0 Å². The first-order valence-corrected chi connectivity index (χ1v) is 7.07. The minimum absolute atomic E-state index is 0.539. The molecule has 0 aromatic heterocycles. The fourth-order valence-electron chi connectivity index (χ4n) is 2.57. The predicted molar refractivity (Wildman–Crippen MR) is 78.4 cm³/mol. The SMILES string of the molecule is CCC(CN)N1CCN(c2ccc(Cl)cc2)CC1. The maximum absolute atomic E-state index is 5.91. The van der Waals surface area contributed by atoms with Crippen molar-refractivity contribution in [2.24, 2.45) is 5.73 Å². The number of nitrogens with zero attached hydrogens (tertiary/aromatic N) is 2. The summed E-state index contributed by atoms with van der Waals surface area (Å²) < 4.78 is 0. The molecule has 1 aliphatic heterocycles. The second kappa shape index (κ2) is 6.41. The summed E-state index contributed by atoms with van der Waals surface area (Å²) in [6.07, 6.45) is 1.14. The number of hydrogen-bond donors (Lipinski definition) is 1. The highest BCUT2D eigenvalue weighted by atomic mass is 35.5. The summed E-state index contributed by atoms with van der Waals surface area (Å²) in [4.78, 5) is 4.92. The Morgan fingerprint density at radius 3 is 2.28 bits per heavy atom. The second-order valence-electron chi connectivity index (χ2n) is 4.80. The van der Waals surface area contributed by atoms with Crippen LogP contribution >= 0.6 is 11.6 Å². The van der Waals surface area contributed by atoms with E-state index in [0.717, 1.165) is 44.2 Å². The molecule has 1 aliphatic rings. The van der Waals surface area contributed by atoms with Crippen molar-refractivity contribution in [3.63, 3.8) is 0 Å². The van der Waals surface area contributed by atoms with Crippen molar-refractivity contribution in [1.82, 2.24) is 4.90 Å². The molecular formula is C14H22ClN3. The summed E-state index contributed by atoms with van der Waals surface area (Å²) in [7, 11) is 0. The molecule has 1 unspecified atom stereocenters. The molecule has 1 atom stereocenters. The van der Waals surface area contributed by atoms with Crippen molar-refractivity contribution in [2.75, 3.05) is 37.6 Å². The summed E-state index contributed by atoms with van der Waals surface area (Å²) in [6.45, 7) is 7.30. The number of halogens is 1. The molecule has 2 N–H and O–H groups in total. The lowest BCUT2D eigenvalue weighted by molar-refractivity contribution is 0.184. The fraction of sp³-hybridized carbons (Fsp3) is 0.571. The first-order valence-electron chi connectivity index (χ1n) is 6.69. The number of nitrogens with two attached hydrogens (primary N) is 1. The van der Waals surface area contributed by atoms with Crippen molar-refractivity contribution in [3.05, 3.63) is 29.3 Å². The van der Waals surface area contributed by atoms with Gasteiger partial charge in [-0.3, -0.25) is 4.90 Å². The summed E-state index contributed by atoms with van der Waals surface area (Å²) in [6, 6.07) is 8.64. The van der Waals surface area contributed by atoms with Crippen LogP contribution < -0.4 is 10.6 Å². The number of anilines is 1. The van der Waals surface area contributed by atoms with Crippen LogP contribution in [0.5, 0.6) is 0 Å². The lowest BCUT2D eigenvalue weighted by Gasteiger charge is -2.39. The Morgan fingerprint density at radius 2 is 1.78 bits per heavy atom. The number of piperazine rings is 1. The van der Waals surface area contributed by atoms with Crippen molar-refractivity contribution in [1.29, 1.82) is 0 Å². The Bertz CT molecular complexity index is 354. The summed E-state index contributed by atoms with van der Waals surface area (Å²) in [5, 5.41) is 0.798. The molecule has 1 fully saturated rings. The molecule has 3 nitrogen and oxygen atoms in total. The third-order valence-electron chi connectivity index (χ3n) is 3.77. The number of rotatable bonds is 4. The Balaban J connectivity index is 1.92. The lowest BCUT2D eigenvalue weighted by Crippen LogP contribution is -2.52. The van der Waals surface area contributed by atoms with E-state index in [1.807, 2.05) is 12.1 Å². The van der Waals surface area contributed by atoms with E-state index in [-0.39, 0.29) is 0 Å². The molecule has 0 amide bonds. The van der Waals surface area contributed by atoms with Crippen molar-refractivity contribution >= 4 is 17.3 Å². The van der Waals surface area contributed by atoms with E-state index in [4.69, 9.17) is 17.3 Å². The van der Waals surface area contributed by atoms with Gasteiger partial charge in [-0.15, -0.1) is 0 Å². The van der Waals surface area contributed by atoms with Crippen molar-refractivity contribution < 1.29 is 0 Å². The molecule has 100 valence electrons. The zero-order chi connectivity index (χ0) is 13.0. The van der Waals surface area contributed by atoms with Crippen LogP contribution in [0.4, 0.5) is 5.69 Å². The average Bonchev–Trinajstić information content (AvgIpc) is 2.42. The predicted octanol–water partition coefficient (Wildman–Crippen LogP) is 2.20. The summed E-state index contributed by atoms with van der Waals surface area (Å²) >= 11 is 5.91. The van der Waals surface area contributed by atoms with Gasteiger partial charge in [0.05, 0.1) is 0 Å². The van der Waals surface area contributed by atoms with Gasteiger partial charge in [0.2, 0.25) is 0 Å². The van der Waals surface area contributed by atoms with Crippen LogP contribution in [0.3, 0.4) is 0 Å². The van der Waals surface area contributed by atoms with Gasteiger partial charge in [-0.25, -0.2) is 0 Å². The summed E-state index contributed by atoms with van der Waals surface area (Å²) in [5.41, 5.74) is 7.07. The van der Waals surface area contributed by atoms with Crippen molar-refractivity contribution in [3.8, 4) is 0 Å². The van der Waals surface area contributed by atoms with Gasteiger partial charge in [-0.2, -0.15) is 0 Å². The van der Waals surface area contributed by atoms with Crippen LogP contribution in [0.15, 0.2) is 24.3 Å². The van der Waals surface area contributed by atoms with Gasteiger partial charge < -0.3 is 10.6 Å². The number of hydrogen-bond acceptors (Lipinski definition) is 3. The van der Waals surface area contributed by atoms with Crippen LogP contribution in [-0.2, 0) is 0 Å². The van der Waals surface area contributed by atoms with Crippen LogP contribution in [0.1, 0.15) is 13.3 Å². The highest BCUT2D eigenvalue weighted by Gasteiger charge is 2.21.